The van der Waals surface area contributed by atoms with E-state index in [1.165, 1.54) is 23.7 Å². The normalized spacial score (nSPS) is 11.0. The second-order valence-corrected chi connectivity index (χ2v) is 5.10. The minimum atomic E-state index is -0.368. The van der Waals surface area contributed by atoms with E-state index in [-0.39, 0.29) is 12.5 Å². The van der Waals surface area contributed by atoms with Crippen molar-refractivity contribution < 1.29 is 10.0 Å². The van der Waals surface area contributed by atoms with E-state index in [9.17, 15) is 10.0 Å². The van der Waals surface area contributed by atoms with Gasteiger partial charge in [0.15, 0.2) is 0 Å². The fraction of sp³-hybridized carbons (Fsp3) is 0.235. The Hall–Kier alpha value is -2.33. The first-order valence-electron chi connectivity index (χ1n) is 6.87. The number of carbonyl (C=O) groups is 1. The maximum atomic E-state index is 10.9. The van der Waals surface area contributed by atoms with Crippen molar-refractivity contribution >= 4 is 12.0 Å². The van der Waals surface area contributed by atoms with E-state index in [4.69, 9.17) is 0 Å². The highest BCUT2D eigenvalue weighted by molar-refractivity contribution is 5.72. The third-order valence-corrected chi connectivity index (χ3v) is 3.37. The lowest BCUT2D eigenvalue weighted by Gasteiger charge is -2.10. The zero-order valence-electron chi connectivity index (χ0n) is 12.6. The van der Waals surface area contributed by atoms with Gasteiger partial charge < -0.3 is 4.57 Å². The molecule has 1 aromatic carbocycles. The van der Waals surface area contributed by atoms with Crippen molar-refractivity contribution in [1.29, 1.82) is 0 Å². The van der Waals surface area contributed by atoms with Gasteiger partial charge in [-0.05, 0) is 36.6 Å². The Balaban J connectivity index is 2.15. The van der Waals surface area contributed by atoms with E-state index in [2.05, 4.69) is 36.6 Å². The molecule has 0 saturated carbocycles. The van der Waals surface area contributed by atoms with Crippen molar-refractivity contribution in [3.05, 3.63) is 59.4 Å². The van der Waals surface area contributed by atoms with Gasteiger partial charge in [-0.2, -0.15) is 0 Å². The van der Waals surface area contributed by atoms with Gasteiger partial charge in [0, 0.05) is 19.3 Å². The molecule has 1 N–H and O–H groups in total. The first-order valence-corrected chi connectivity index (χ1v) is 6.87. The molecule has 0 saturated heterocycles. The summed E-state index contributed by atoms with van der Waals surface area (Å²) in [6.07, 6.45) is 7.68. The van der Waals surface area contributed by atoms with Crippen LogP contribution in [-0.4, -0.2) is 27.3 Å². The molecule has 1 amide bonds. The summed E-state index contributed by atoms with van der Waals surface area (Å²) in [5.74, 6) is -0.368. The number of amides is 1. The molecule has 0 bridgehead atoms. The van der Waals surface area contributed by atoms with Crippen LogP contribution >= 0.6 is 0 Å². The standard InChI is InChI=1S/C17H20N2O2/c1-13-6-4-7-14(2)17(13)18-11-9-16(12-18)8-5-10-19(21)15(3)20/h4-9,11-12,21H,10H2,1-3H3. The van der Waals surface area contributed by atoms with E-state index >= 15 is 0 Å². The number of benzene rings is 1. The highest BCUT2D eigenvalue weighted by atomic mass is 16.5. The van der Waals surface area contributed by atoms with Crippen molar-refractivity contribution in [3.8, 4) is 5.69 Å². The molecular formula is C17H20N2O2. The van der Waals surface area contributed by atoms with Crippen molar-refractivity contribution in [2.24, 2.45) is 0 Å². The lowest BCUT2D eigenvalue weighted by molar-refractivity contribution is -0.160. The molecule has 4 nitrogen and oxygen atoms in total. The molecule has 0 unspecified atom stereocenters. The first-order chi connectivity index (χ1) is 9.99. The Morgan fingerprint density at radius 3 is 2.57 bits per heavy atom. The van der Waals surface area contributed by atoms with Gasteiger partial charge >= 0.3 is 0 Å². The molecule has 0 fully saturated rings. The van der Waals surface area contributed by atoms with E-state index in [0.717, 1.165) is 5.56 Å². The largest absolute Gasteiger partial charge is 0.323 e. The molecule has 2 aromatic rings. The van der Waals surface area contributed by atoms with Crippen LogP contribution in [0, 0.1) is 13.8 Å². The number of carbonyl (C=O) groups excluding carboxylic acids is 1. The monoisotopic (exact) mass is 284 g/mol. The van der Waals surface area contributed by atoms with Gasteiger partial charge in [-0.3, -0.25) is 10.0 Å². The van der Waals surface area contributed by atoms with Crippen molar-refractivity contribution in [2.75, 3.05) is 6.54 Å². The molecule has 21 heavy (non-hydrogen) atoms. The van der Waals surface area contributed by atoms with Crippen LogP contribution in [0.15, 0.2) is 42.7 Å². The topological polar surface area (TPSA) is 45.5 Å². The molecule has 0 spiro atoms. The van der Waals surface area contributed by atoms with Gasteiger partial charge in [0.05, 0.1) is 12.2 Å². The first kappa shape index (κ1) is 15.1. The highest BCUT2D eigenvalue weighted by Crippen LogP contribution is 2.20. The van der Waals surface area contributed by atoms with Gasteiger partial charge in [-0.15, -0.1) is 0 Å². The average molecular weight is 284 g/mol. The summed E-state index contributed by atoms with van der Waals surface area (Å²) in [7, 11) is 0. The number of aromatic nitrogens is 1. The number of nitrogens with zero attached hydrogens (tertiary/aromatic N) is 2. The van der Waals surface area contributed by atoms with Gasteiger partial charge in [-0.1, -0.05) is 30.4 Å². The summed E-state index contributed by atoms with van der Waals surface area (Å²) >= 11 is 0. The summed E-state index contributed by atoms with van der Waals surface area (Å²) in [6.45, 7) is 5.69. The van der Waals surface area contributed by atoms with Gasteiger partial charge in [-0.25, -0.2) is 5.06 Å². The minimum absolute atomic E-state index is 0.184. The van der Waals surface area contributed by atoms with Crippen molar-refractivity contribution in [2.45, 2.75) is 20.8 Å². The summed E-state index contributed by atoms with van der Waals surface area (Å²) in [4.78, 5) is 10.9. The maximum Gasteiger partial charge on any atom is 0.243 e. The fourth-order valence-electron chi connectivity index (χ4n) is 2.28. The number of hydrogen-bond donors (Lipinski definition) is 1. The molecule has 0 atom stereocenters. The lowest BCUT2D eigenvalue weighted by Crippen LogP contribution is -2.24. The summed E-state index contributed by atoms with van der Waals surface area (Å²) in [6, 6.07) is 8.23. The number of hydroxylamine groups is 2. The van der Waals surface area contributed by atoms with Crippen LogP contribution in [0.4, 0.5) is 0 Å². The Morgan fingerprint density at radius 2 is 1.95 bits per heavy atom. The molecule has 110 valence electrons. The maximum absolute atomic E-state index is 10.9. The van der Waals surface area contributed by atoms with E-state index in [1.807, 2.05) is 24.5 Å². The summed E-state index contributed by atoms with van der Waals surface area (Å²) < 4.78 is 2.09. The second kappa shape index (κ2) is 6.41. The fourth-order valence-corrected chi connectivity index (χ4v) is 2.28. The van der Waals surface area contributed by atoms with Crippen LogP contribution in [-0.2, 0) is 4.79 Å². The molecule has 4 heteroatoms. The van der Waals surface area contributed by atoms with Crippen LogP contribution in [0.2, 0.25) is 0 Å². The Morgan fingerprint density at radius 1 is 1.29 bits per heavy atom. The summed E-state index contributed by atoms with van der Waals surface area (Å²) in [5, 5.41) is 9.97. The van der Waals surface area contributed by atoms with Crippen molar-refractivity contribution in [1.82, 2.24) is 9.63 Å². The number of hydrogen-bond acceptors (Lipinski definition) is 2. The Bertz CT molecular complexity index is 651. The quantitative estimate of drug-likeness (QED) is 0.691. The summed E-state index contributed by atoms with van der Waals surface area (Å²) in [5.41, 5.74) is 4.65. The van der Waals surface area contributed by atoms with Gasteiger partial charge in [0.1, 0.15) is 0 Å². The predicted octanol–water partition coefficient (Wildman–Crippen LogP) is 3.35. The zero-order valence-corrected chi connectivity index (χ0v) is 12.6. The molecule has 0 radical (unpaired) electrons. The molecule has 1 heterocycles. The SMILES string of the molecule is CC(=O)N(O)CC=Cc1ccn(-c2c(C)cccc2C)c1. The van der Waals surface area contributed by atoms with Crippen molar-refractivity contribution in [3.63, 3.8) is 0 Å². The average Bonchev–Trinajstić information content (AvgIpc) is 2.87. The molecule has 2 rings (SSSR count). The third kappa shape index (κ3) is 3.61. The van der Waals surface area contributed by atoms with Crippen LogP contribution < -0.4 is 0 Å². The van der Waals surface area contributed by atoms with Crippen LogP contribution in [0.3, 0.4) is 0 Å². The molecule has 0 aliphatic rings. The third-order valence-electron chi connectivity index (χ3n) is 3.37. The Labute approximate surface area is 124 Å². The van der Waals surface area contributed by atoms with E-state index < -0.39 is 0 Å². The number of para-hydroxylation sites is 1. The van der Waals surface area contributed by atoms with E-state index in [1.54, 1.807) is 6.08 Å². The Kier molecular flexibility index (Phi) is 4.60. The van der Waals surface area contributed by atoms with Crippen LogP contribution in [0.5, 0.6) is 0 Å². The van der Waals surface area contributed by atoms with Gasteiger partial charge in [0.25, 0.3) is 0 Å². The molecule has 0 aliphatic heterocycles. The second-order valence-electron chi connectivity index (χ2n) is 5.10. The zero-order chi connectivity index (χ0) is 15.4. The minimum Gasteiger partial charge on any atom is -0.323 e. The smallest absolute Gasteiger partial charge is 0.243 e. The molecular weight excluding hydrogens is 264 g/mol. The van der Waals surface area contributed by atoms with Crippen LogP contribution in [0.1, 0.15) is 23.6 Å². The number of rotatable bonds is 4. The molecule has 0 aliphatic carbocycles. The highest BCUT2D eigenvalue weighted by Gasteiger charge is 2.04. The van der Waals surface area contributed by atoms with E-state index in [0.29, 0.717) is 5.06 Å². The molecule has 1 aromatic heterocycles. The lowest BCUT2D eigenvalue weighted by atomic mass is 10.1. The van der Waals surface area contributed by atoms with Crippen LogP contribution in [0.25, 0.3) is 11.8 Å². The number of aryl methyl sites for hydroxylation is 2. The van der Waals surface area contributed by atoms with Gasteiger partial charge in [0.2, 0.25) is 5.91 Å². The predicted molar refractivity (Wildman–Crippen MR) is 83.5 cm³/mol.